The molecule has 8 rings (SSSR count). The van der Waals surface area contributed by atoms with Gasteiger partial charge >= 0.3 is 0 Å². The summed E-state index contributed by atoms with van der Waals surface area (Å²) < 4.78 is 25.9. The number of pyridine rings is 2. The molecular formula is C39H45FN8O3. The average molecular weight is 693 g/mol. The van der Waals surface area contributed by atoms with Crippen molar-refractivity contribution in [1.29, 1.82) is 0 Å². The maximum absolute atomic E-state index is 16.2. The number of piperidine rings is 1. The summed E-state index contributed by atoms with van der Waals surface area (Å²) in [6, 6.07) is 14.4. The molecule has 1 saturated heterocycles. The molecule has 5 aromatic rings. The van der Waals surface area contributed by atoms with Gasteiger partial charge in [0.05, 0.1) is 40.7 Å². The highest BCUT2D eigenvalue weighted by Crippen LogP contribution is 2.43. The van der Waals surface area contributed by atoms with Gasteiger partial charge in [0, 0.05) is 56.0 Å². The maximum Gasteiger partial charge on any atom is 0.254 e. The van der Waals surface area contributed by atoms with Crippen LogP contribution in [0.1, 0.15) is 98.0 Å². The number of aryl methyl sites for hydroxylation is 1. The van der Waals surface area contributed by atoms with Crippen molar-refractivity contribution in [3.05, 3.63) is 77.5 Å². The first-order valence-corrected chi connectivity index (χ1v) is 18.3. The molecule has 0 radical (unpaired) electrons. The number of carbonyl (C=O) groups is 2. The fourth-order valence-electron chi connectivity index (χ4n) is 7.94. The lowest BCUT2D eigenvalue weighted by atomic mass is 9.95. The Kier molecular flexibility index (Phi) is 9.05. The summed E-state index contributed by atoms with van der Waals surface area (Å²) in [5.74, 6) is -0.392. The Bertz CT molecular complexity index is 2090. The number of amides is 2. The Hall–Kier alpha value is -4.68. The highest BCUT2D eigenvalue weighted by molar-refractivity contribution is 5.98. The van der Waals surface area contributed by atoms with E-state index < -0.39 is 5.82 Å². The van der Waals surface area contributed by atoms with Gasteiger partial charge in [-0.3, -0.25) is 14.6 Å². The number of hydrogen-bond donors (Lipinski definition) is 2. The van der Waals surface area contributed by atoms with Gasteiger partial charge in [-0.15, -0.1) is 0 Å². The summed E-state index contributed by atoms with van der Waals surface area (Å²) in [7, 11) is 1.63. The van der Waals surface area contributed by atoms with Gasteiger partial charge in [-0.25, -0.2) is 14.4 Å². The van der Waals surface area contributed by atoms with Crippen molar-refractivity contribution in [3.8, 4) is 11.5 Å². The van der Waals surface area contributed by atoms with E-state index in [0.29, 0.717) is 36.4 Å². The second-order valence-electron chi connectivity index (χ2n) is 14.4. The van der Waals surface area contributed by atoms with E-state index in [-0.39, 0.29) is 47.5 Å². The van der Waals surface area contributed by atoms with Crippen LogP contribution in [0.15, 0.2) is 54.7 Å². The van der Waals surface area contributed by atoms with Crippen molar-refractivity contribution >= 4 is 33.9 Å². The van der Waals surface area contributed by atoms with Crippen LogP contribution in [0, 0.1) is 5.82 Å². The molecule has 2 bridgehead atoms. The molecule has 4 aromatic heterocycles. The fourth-order valence-corrected chi connectivity index (χ4v) is 7.94. The van der Waals surface area contributed by atoms with Gasteiger partial charge in [0.25, 0.3) is 5.91 Å². The molecule has 0 spiro atoms. The van der Waals surface area contributed by atoms with Crippen LogP contribution in [-0.4, -0.2) is 73.1 Å². The van der Waals surface area contributed by atoms with Crippen LogP contribution in [-0.2, 0) is 16.1 Å². The number of nitrogens with zero attached hydrogens (tertiary/aromatic N) is 6. The molecule has 6 heterocycles. The van der Waals surface area contributed by atoms with Crippen LogP contribution in [0.5, 0.6) is 0 Å². The number of fused-ring (bicyclic) bond motifs is 2. The number of methoxy groups -OCH3 is 1. The minimum absolute atomic E-state index is 0.0449. The Morgan fingerprint density at radius 3 is 2.59 bits per heavy atom. The average Bonchev–Trinajstić information content (AvgIpc) is 3.81. The number of benzene rings is 1. The zero-order chi connectivity index (χ0) is 35.2. The number of imidazole rings is 1. The highest BCUT2D eigenvalue weighted by atomic mass is 19.1. The van der Waals surface area contributed by atoms with Gasteiger partial charge < -0.3 is 29.8 Å². The summed E-state index contributed by atoms with van der Waals surface area (Å²) in [4.78, 5) is 43.6. The molecule has 1 saturated carbocycles. The van der Waals surface area contributed by atoms with E-state index in [1.807, 2.05) is 41.8 Å². The van der Waals surface area contributed by atoms with Crippen molar-refractivity contribution in [2.45, 2.75) is 95.0 Å². The standard InChI is InChI=1S/C39H45FN8O3/c1-23-30-14-11-24-21-33(47(36(24)44-30)17-8-4-3-5-9-27(38(49)43-23)31-10-6-7-16-42-31)37-45-32-20-25(19-28(40)35(32)48(37)26-12-13-26)39(50)46-18-15-34(51-2)29(41)22-46/h6-7,10-11,14,16,19-21,23,26-27,29,34H,3-5,8-9,12-13,15,17-18,22,41H2,1-2H3,(H,43,49)/t23-,27?,29+,34-/m1/s1. The third-order valence-corrected chi connectivity index (χ3v) is 10.9. The van der Waals surface area contributed by atoms with Gasteiger partial charge in [0.15, 0.2) is 5.82 Å². The molecule has 12 heteroatoms. The molecule has 1 unspecified atom stereocenters. The van der Waals surface area contributed by atoms with Gasteiger partial charge in [-0.1, -0.05) is 25.3 Å². The third-order valence-electron chi connectivity index (χ3n) is 10.9. The van der Waals surface area contributed by atoms with Crippen molar-refractivity contribution < 1.29 is 18.7 Å². The zero-order valence-electron chi connectivity index (χ0n) is 29.2. The number of halogens is 1. The van der Waals surface area contributed by atoms with E-state index in [2.05, 4.69) is 20.9 Å². The van der Waals surface area contributed by atoms with E-state index in [0.717, 1.165) is 79.6 Å². The van der Waals surface area contributed by atoms with E-state index >= 15 is 4.39 Å². The fraction of sp³-hybridized carbons (Fsp3) is 0.462. The largest absolute Gasteiger partial charge is 0.380 e. The third kappa shape index (κ3) is 6.40. The normalized spacial score (nSPS) is 23.5. The predicted molar refractivity (Wildman–Crippen MR) is 193 cm³/mol. The number of aromatic nitrogens is 5. The molecule has 3 N–H and O–H groups in total. The molecule has 3 aliphatic rings. The number of nitrogens with two attached hydrogens (primary N) is 1. The van der Waals surface area contributed by atoms with Gasteiger partial charge in [-0.2, -0.15) is 0 Å². The first-order chi connectivity index (χ1) is 24.8. The number of carbonyl (C=O) groups excluding carboxylic acids is 2. The summed E-state index contributed by atoms with van der Waals surface area (Å²) in [5, 5.41) is 4.16. The van der Waals surface area contributed by atoms with Gasteiger partial charge in [-0.05, 0) is 81.5 Å². The van der Waals surface area contributed by atoms with Crippen molar-refractivity contribution in [2.75, 3.05) is 20.2 Å². The lowest BCUT2D eigenvalue weighted by Crippen LogP contribution is -2.53. The zero-order valence-corrected chi connectivity index (χ0v) is 29.2. The van der Waals surface area contributed by atoms with E-state index in [4.69, 9.17) is 20.4 Å². The number of ether oxygens (including phenoxy) is 1. The van der Waals surface area contributed by atoms with Crippen molar-refractivity contribution in [3.63, 3.8) is 0 Å². The molecule has 2 amide bonds. The molecule has 51 heavy (non-hydrogen) atoms. The Morgan fingerprint density at radius 1 is 0.980 bits per heavy atom. The monoisotopic (exact) mass is 692 g/mol. The lowest BCUT2D eigenvalue weighted by Gasteiger charge is -2.35. The Labute approximate surface area is 296 Å². The summed E-state index contributed by atoms with van der Waals surface area (Å²) >= 11 is 0. The van der Waals surface area contributed by atoms with Crippen LogP contribution in [0.25, 0.3) is 33.6 Å². The smallest absolute Gasteiger partial charge is 0.254 e. The van der Waals surface area contributed by atoms with E-state index in [1.165, 1.54) is 6.07 Å². The number of rotatable bonds is 5. The van der Waals surface area contributed by atoms with Crippen LogP contribution in [0.2, 0.25) is 0 Å². The molecule has 2 fully saturated rings. The molecule has 2 aliphatic heterocycles. The predicted octanol–water partition coefficient (Wildman–Crippen LogP) is 6.04. The molecular weight excluding hydrogens is 647 g/mol. The number of nitrogens with one attached hydrogen (secondary N) is 1. The number of hydrogen-bond acceptors (Lipinski definition) is 7. The maximum atomic E-state index is 16.2. The van der Waals surface area contributed by atoms with Crippen LogP contribution >= 0.6 is 0 Å². The molecule has 11 nitrogen and oxygen atoms in total. The highest BCUT2D eigenvalue weighted by Gasteiger charge is 2.34. The van der Waals surface area contributed by atoms with Gasteiger partial charge in [0.2, 0.25) is 5.91 Å². The first-order valence-electron chi connectivity index (χ1n) is 18.3. The van der Waals surface area contributed by atoms with Crippen LogP contribution in [0.4, 0.5) is 4.39 Å². The van der Waals surface area contributed by atoms with Crippen molar-refractivity contribution in [1.82, 2.24) is 34.3 Å². The second-order valence-corrected chi connectivity index (χ2v) is 14.4. The number of likely N-dealkylation sites (tertiary alicyclic amines) is 1. The summed E-state index contributed by atoms with van der Waals surface area (Å²) in [6.07, 6.45) is 8.65. The Morgan fingerprint density at radius 2 is 1.82 bits per heavy atom. The summed E-state index contributed by atoms with van der Waals surface area (Å²) in [5.41, 5.74) is 10.7. The van der Waals surface area contributed by atoms with E-state index in [1.54, 1.807) is 24.3 Å². The minimum Gasteiger partial charge on any atom is -0.380 e. The Balaban J connectivity index is 1.17. The topological polar surface area (TPSA) is 133 Å². The minimum atomic E-state index is -0.455. The quantitative estimate of drug-likeness (QED) is 0.230. The second kappa shape index (κ2) is 13.8. The molecule has 266 valence electrons. The summed E-state index contributed by atoms with van der Waals surface area (Å²) in [6.45, 7) is 3.52. The SMILES string of the molecule is CO[C@@H]1CCN(C(=O)c2cc(F)c3c(c2)nc(-c2cc4ccc5nc4n2CCCCCCC(c2ccccn2)C(=O)N[C@@H]5C)n3C2CC2)C[C@@H]1N. The van der Waals surface area contributed by atoms with Crippen LogP contribution in [0.3, 0.4) is 0 Å². The van der Waals surface area contributed by atoms with Gasteiger partial charge in [0.1, 0.15) is 17.0 Å². The molecule has 1 aliphatic carbocycles. The van der Waals surface area contributed by atoms with Crippen LogP contribution < -0.4 is 11.1 Å². The molecule has 4 atom stereocenters. The van der Waals surface area contributed by atoms with E-state index in [9.17, 15) is 9.59 Å². The first kappa shape index (κ1) is 33.5. The van der Waals surface area contributed by atoms with Crippen molar-refractivity contribution in [2.24, 2.45) is 5.73 Å². The molecule has 1 aromatic carbocycles. The lowest BCUT2D eigenvalue weighted by molar-refractivity contribution is -0.123.